The molecule has 1 aliphatic rings. The average molecular weight is 427 g/mol. The normalized spacial score (nSPS) is 17.6. The molecule has 0 amide bonds. The number of nitrogens with two attached hydrogens (primary N) is 1. The molecule has 7 nitrogen and oxygen atoms in total. The average Bonchev–Trinajstić information content (AvgIpc) is 2.70. The van der Waals surface area contributed by atoms with Crippen molar-refractivity contribution in [2.75, 3.05) is 32.7 Å². The van der Waals surface area contributed by atoms with Crippen LogP contribution in [0.3, 0.4) is 0 Å². The van der Waals surface area contributed by atoms with Crippen LogP contribution >= 0.6 is 0 Å². The van der Waals surface area contributed by atoms with Crippen molar-refractivity contribution in [1.82, 2.24) is 9.80 Å². The number of nitrogens with zero attached hydrogens (tertiary/aromatic N) is 2. The summed E-state index contributed by atoms with van der Waals surface area (Å²) in [5.74, 6) is -2.65. The quantitative estimate of drug-likeness (QED) is 0.294. The van der Waals surface area contributed by atoms with E-state index in [4.69, 9.17) is 15.8 Å². The molecule has 0 saturated carbocycles. The summed E-state index contributed by atoms with van der Waals surface area (Å²) < 4.78 is 27.2. The molecular formula is C20H32BF2N3O4. The monoisotopic (exact) mass is 427 g/mol. The van der Waals surface area contributed by atoms with Gasteiger partial charge in [0.15, 0.2) is 11.6 Å². The number of hydrogen-bond acceptors (Lipinski definition) is 6. The van der Waals surface area contributed by atoms with E-state index in [-0.39, 0.29) is 6.32 Å². The highest BCUT2D eigenvalue weighted by atomic mass is 19.2. The van der Waals surface area contributed by atoms with Gasteiger partial charge in [-0.05, 0) is 38.2 Å². The molecule has 30 heavy (non-hydrogen) atoms. The molecule has 1 atom stereocenters. The van der Waals surface area contributed by atoms with Crippen LogP contribution in [-0.4, -0.2) is 76.3 Å². The van der Waals surface area contributed by atoms with Crippen LogP contribution in [0, 0.1) is 11.6 Å². The van der Waals surface area contributed by atoms with Crippen molar-refractivity contribution in [3.63, 3.8) is 0 Å². The Morgan fingerprint density at radius 3 is 2.33 bits per heavy atom. The van der Waals surface area contributed by atoms with Crippen molar-refractivity contribution < 1.29 is 28.7 Å². The zero-order valence-corrected chi connectivity index (χ0v) is 17.3. The van der Waals surface area contributed by atoms with E-state index < -0.39 is 30.3 Å². The van der Waals surface area contributed by atoms with Crippen LogP contribution in [-0.2, 0) is 11.3 Å². The SMILES string of the molecule is NC(CCCCB(O)O)(CCCN1CCN(Cc2cccc(F)c2F)CC1)C(=O)O. The summed E-state index contributed by atoms with van der Waals surface area (Å²) in [6.07, 6.45) is 2.53. The molecule has 1 aromatic carbocycles. The Morgan fingerprint density at radius 2 is 1.70 bits per heavy atom. The highest BCUT2D eigenvalue weighted by Crippen LogP contribution is 2.20. The molecule has 1 aromatic rings. The summed E-state index contributed by atoms with van der Waals surface area (Å²) in [4.78, 5) is 15.9. The lowest BCUT2D eigenvalue weighted by Gasteiger charge is -2.35. The summed E-state index contributed by atoms with van der Waals surface area (Å²) in [6, 6.07) is 4.22. The molecule has 2 rings (SSSR count). The smallest absolute Gasteiger partial charge is 0.451 e. The lowest BCUT2D eigenvalue weighted by atomic mass is 9.81. The highest BCUT2D eigenvalue weighted by molar-refractivity contribution is 6.40. The molecule has 0 aliphatic carbocycles. The van der Waals surface area contributed by atoms with Gasteiger partial charge in [-0.1, -0.05) is 25.0 Å². The number of piperazine rings is 1. The van der Waals surface area contributed by atoms with Crippen LogP contribution in [0.2, 0.25) is 6.32 Å². The second-order valence-electron chi connectivity index (χ2n) is 8.12. The van der Waals surface area contributed by atoms with Crippen molar-refractivity contribution in [3.8, 4) is 0 Å². The fourth-order valence-electron chi connectivity index (χ4n) is 3.81. The van der Waals surface area contributed by atoms with E-state index in [0.717, 1.165) is 38.8 Å². The van der Waals surface area contributed by atoms with Gasteiger partial charge in [0.1, 0.15) is 5.54 Å². The van der Waals surface area contributed by atoms with Crippen LogP contribution in [0.25, 0.3) is 0 Å². The lowest BCUT2D eigenvalue weighted by Crippen LogP contribution is -2.49. The first-order valence-electron chi connectivity index (χ1n) is 10.5. The summed E-state index contributed by atoms with van der Waals surface area (Å²) in [6.45, 7) is 4.10. The van der Waals surface area contributed by atoms with Crippen LogP contribution < -0.4 is 5.73 Å². The van der Waals surface area contributed by atoms with Crippen LogP contribution in [0.15, 0.2) is 18.2 Å². The molecule has 0 bridgehead atoms. The Kier molecular flexibility index (Phi) is 9.64. The Hall–Kier alpha value is -1.59. The molecule has 1 fully saturated rings. The summed E-state index contributed by atoms with van der Waals surface area (Å²) in [7, 11) is -1.38. The topological polar surface area (TPSA) is 110 Å². The Morgan fingerprint density at radius 1 is 1.07 bits per heavy atom. The van der Waals surface area contributed by atoms with Crippen molar-refractivity contribution in [1.29, 1.82) is 0 Å². The van der Waals surface area contributed by atoms with Gasteiger partial charge in [-0.25, -0.2) is 8.78 Å². The Balaban J connectivity index is 1.71. The third kappa shape index (κ3) is 7.59. The molecule has 0 spiro atoms. The maximum Gasteiger partial charge on any atom is 0.451 e. The van der Waals surface area contributed by atoms with Gasteiger partial charge >= 0.3 is 13.1 Å². The number of benzene rings is 1. The minimum atomic E-state index is -1.38. The van der Waals surface area contributed by atoms with Gasteiger partial charge < -0.3 is 25.8 Å². The second-order valence-corrected chi connectivity index (χ2v) is 8.12. The van der Waals surface area contributed by atoms with Crippen molar-refractivity contribution in [2.24, 2.45) is 5.73 Å². The number of aliphatic carboxylic acids is 1. The maximum absolute atomic E-state index is 13.8. The molecule has 0 aromatic heterocycles. The molecule has 1 unspecified atom stereocenters. The fourth-order valence-corrected chi connectivity index (χ4v) is 3.81. The van der Waals surface area contributed by atoms with Crippen molar-refractivity contribution in [3.05, 3.63) is 35.4 Å². The van der Waals surface area contributed by atoms with E-state index in [1.54, 1.807) is 6.07 Å². The lowest BCUT2D eigenvalue weighted by molar-refractivity contribution is -0.144. The number of unbranched alkanes of at least 4 members (excludes halogenated alkanes) is 1. The predicted octanol–water partition coefficient (Wildman–Crippen LogP) is 1.29. The van der Waals surface area contributed by atoms with Gasteiger partial charge in [-0.2, -0.15) is 0 Å². The molecule has 0 radical (unpaired) electrons. The van der Waals surface area contributed by atoms with Gasteiger partial charge in [-0.15, -0.1) is 0 Å². The molecule has 5 N–H and O–H groups in total. The summed E-state index contributed by atoms with van der Waals surface area (Å²) >= 11 is 0. The standard InChI is InChI=1S/C20H32BF2N3O4/c22-17-6-3-5-16(18(17)23)15-26-13-11-25(12-14-26)10-4-8-20(24,19(27)28)7-1-2-9-21(29)30/h3,5-6,29-30H,1-2,4,7-15,24H2,(H,27,28). The van der Waals surface area contributed by atoms with Crippen LogP contribution in [0.1, 0.15) is 37.7 Å². The van der Waals surface area contributed by atoms with E-state index in [1.165, 1.54) is 6.07 Å². The fraction of sp³-hybridized carbons (Fsp3) is 0.650. The third-order valence-corrected chi connectivity index (χ3v) is 5.75. The number of halogens is 2. The van der Waals surface area contributed by atoms with Gasteiger partial charge in [0.25, 0.3) is 0 Å². The number of carbonyl (C=O) groups is 1. The van der Waals surface area contributed by atoms with E-state index in [2.05, 4.69) is 9.80 Å². The van der Waals surface area contributed by atoms with Crippen molar-refractivity contribution >= 4 is 13.1 Å². The number of carboxylic acids is 1. The molecule has 1 aliphatic heterocycles. The van der Waals surface area contributed by atoms with Crippen LogP contribution in [0.5, 0.6) is 0 Å². The maximum atomic E-state index is 13.8. The van der Waals surface area contributed by atoms with Gasteiger partial charge in [0.2, 0.25) is 0 Å². The summed E-state index contributed by atoms with van der Waals surface area (Å²) in [5.41, 5.74) is 5.14. The zero-order chi connectivity index (χ0) is 22.1. The molecule has 168 valence electrons. The van der Waals surface area contributed by atoms with E-state index >= 15 is 0 Å². The first-order valence-corrected chi connectivity index (χ1v) is 10.5. The molecular weight excluding hydrogens is 395 g/mol. The van der Waals surface area contributed by atoms with E-state index in [1.807, 2.05) is 0 Å². The van der Waals surface area contributed by atoms with Crippen molar-refractivity contribution in [2.45, 2.75) is 50.5 Å². The summed E-state index contributed by atoms with van der Waals surface area (Å²) in [5, 5.41) is 27.2. The number of carboxylic acid groups (broad SMARTS) is 1. The largest absolute Gasteiger partial charge is 0.480 e. The van der Waals surface area contributed by atoms with Gasteiger partial charge in [0, 0.05) is 38.3 Å². The molecule has 10 heteroatoms. The van der Waals surface area contributed by atoms with Gasteiger partial charge in [-0.3, -0.25) is 9.69 Å². The van der Waals surface area contributed by atoms with E-state index in [9.17, 15) is 18.7 Å². The van der Waals surface area contributed by atoms with Crippen LogP contribution in [0.4, 0.5) is 8.78 Å². The van der Waals surface area contributed by atoms with Gasteiger partial charge in [0.05, 0.1) is 0 Å². The molecule has 1 heterocycles. The zero-order valence-electron chi connectivity index (χ0n) is 17.3. The minimum Gasteiger partial charge on any atom is -0.480 e. The first kappa shape index (κ1) is 24.7. The Bertz CT molecular complexity index is 690. The number of hydrogen-bond donors (Lipinski definition) is 4. The first-order chi connectivity index (χ1) is 14.2. The van der Waals surface area contributed by atoms with E-state index in [0.29, 0.717) is 44.2 Å². The molecule has 1 saturated heterocycles. The predicted molar refractivity (Wildman–Crippen MR) is 111 cm³/mol. The number of rotatable bonds is 12. The minimum absolute atomic E-state index is 0.208. The highest BCUT2D eigenvalue weighted by Gasteiger charge is 2.33. The third-order valence-electron chi connectivity index (χ3n) is 5.75. The Labute approximate surface area is 176 Å². The second kappa shape index (κ2) is 11.7.